The van der Waals surface area contributed by atoms with Crippen molar-refractivity contribution in [3.05, 3.63) is 77.9 Å². The van der Waals surface area contributed by atoms with Gasteiger partial charge in [-0.3, -0.25) is 0 Å². The first kappa shape index (κ1) is 16.9. The molecule has 0 radical (unpaired) electrons. The van der Waals surface area contributed by atoms with Crippen LogP contribution in [0.15, 0.2) is 71.6 Å². The monoisotopic (exact) mass is 343 g/mol. The Hall–Kier alpha value is -1.95. The highest BCUT2D eigenvalue weighted by atomic mass is 32.2. The Kier molecular flexibility index (Phi) is 4.58. The van der Waals surface area contributed by atoms with Gasteiger partial charge in [0, 0.05) is 19.0 Å². The van der Waals surface area contributed by atoms with Gasteiger partial charge in [-0.15, -0.1) is 0 Å². The molecule has 0 aromatic heterocycles. The lowest BCUT2D eigenvalue weighted by Crippen LogP contribution is -2.29. The SMILES string of the molecule is C=C1CN(S(=O)(=O)c2ccc(C)cc2)C[C@H]1[C@@H](O)c1ccccc1. The standard InChI is InChI=1S/C19H21NO3S/c1-14-8-10-17(11-9-14)24(22,23)20-12-15(2)18(13-20)19(21)16-6-4-3-5-7-16/h3-11,18-19,21H,2,12-13H2,1H3/t18-,19+/m1/s1. The second-order valence-corrected chi connectivity index (χ2v) is 8.17. The van der Waals surface area contributed by atoms with Gasteiger partial charge in [0.05, 0.1) is 11.0 Å². The summed E-state index contributed by atoms with van der Waals surface area (Å²) in [5, 5.41) is 10.6. The molecule has 24 heavy (non-hydrogen) atoms. The van der Waals surface area contributed by atoms with E-state index in [1.54, 1.807) is 24.3 Å². The smallest absolute Gasteiger partial charge is 0.243 e. The number of aliphatic hydroxyl groups is 1. The summed E-state index contributed by atoms with van der Waals surface area (Å²) in [5.74, 6) is -0.298. The van der Waals surface area contributed by atoms with Crippen LogP contribution in [0.25, 0.3) is 0 Å². The lowest BCUT2D eigenvalue weighted by Gasteiger charge is -2.20. The minimum atomic E-state index is -3.58. The molecule has 3 rings (SSSR count). The molecule has 0 aliphatic carbocycles. The second-order valence-electron chi connectivity index (χ2n) is 6.23. The van der Waals surface area contributed by atoms with E-state index >= 15 is 0 Å². The van der Waals surface area contributed by atoms with E-state index in [1.807, 2.05) is 37.3 Å². The molecule has 1 aliphatic rings. The zero-order valence-electron chi connectivity index (χ0n) is 13.6. The van der Waals surface area contributed by atoms with E-state index in [9.17, 15) is 13.5 Å². The van der Waals surface area contributed by atoms with Gasteiger partial charge in [-0.25, -0.2) is 8.42 Å². The molecular formula is C19H21NO3S. The number of benzene rings is 2. The van der Waals surface area contributed by atoms with E-state index in [1.165, 1.54) is 4.31 Å². The molecule has 5 heteroatoms. The summed E-state index contributed by atoms with van der Waals surface area (Å²) in [6.45, 7) is 6.39. The predicted molar refractivity (Wildman–Crippen MR) is 94.0 cm³/mol. The van der Waals surface area contributed by atoms with E-state index in [-0.39, 0.29) is 23.9 Å². The summed E-state index contributed by atoms with van der Waals surface area (Å²) in [4.78, 5) is 0.274. The first-order valence-corrected chi connectivity index (χ1v) is 9.31. The van der Waals surface area contributed by atoms with Crippen LogP contribution in [0.2, 0.25) is 0 Å². The van der Waals surface area contributed by atoms with Gasteiger partial charge in [0.25, 0.3) is 0 Å². The van der Waals surface area contributed by atoms with Crippen LogP contribution in [0.1, 0.15) is 17.2 Å². The van der Waals surface area contributed by atoms with E-state index in [0.29, 0.717) is 0 Å². The van der Waals surface area contributed by atoms with Gasteiger partial charge in [-0.2, -0.15) is 4.31 Å². The van der Waals surface area contributed by atoms with Gasteiger partial charge in [0.15, 0.2) is 0 Å². The molecule has 2 atom stereocenters. The number of rotatable bonds is 4. The zero-order valence-corrected chi connectivity index (χ0v) is 14.4. The molecule has 0 amide bonds. The lowest BCUT2D eigenvalue weighted by molar-refractivity contribution is 0.130. The second kappa shape index (κ2) is 6.51. The third-order valence-electron chi connectivity index (χ3n) is 4.49. The minimum absolute atomic E-state index is 0.241. The molecule has 1 saturated heterocycles. The molecule has 1 heterocycles. The van der Waals surface area contributed by atoms with Gasteiger partial charge in [0.2, 0.25) is 10.0 Å². The van der Waals surface area contributed by atoms with Gasteiger partial charge in [-0.1, -0.05) is 60.2 Å². The van der Waals surface area contributed by atoms with E-state index in [2.05, 4.69) is 6.58 Å². The third-order valence-corrected chi connectivity index (χ3v) is 6.31. The summed E-state index contributed by atoms with van der Waals surface area (Å²) < 4.78 is 27.0. The van der Waals surface area contributed by atoms with Crippen LogP contribution in [-0.2, 0) is 10.0 Å². The highest BCUT2D eigenvalue weighted by Gasteiger charge is 2.38. The maximum Gasteiger partial charge on any atom is 0.243 e. The number of aliphatic hydroxyl groups excluding tert-OH is 1. The molecule has 1 N–H and O–H groups in total. The Labute approximate surface area is 143 Å². The summed E-state index contributed by atoms with van der Waals surface area (Å²) in [6, 6.07) is 16.1. The summed E-state index contributed by atoms with van der Waals surface area (Å²) in [6.07, 6.45) is -0.753. The van der Waals surface area contributed by atoms with E-state index in [4.69, 9.17) is 0 Å². The van der Waals surface area contributed by atoms with Crippen molar-refractivity contribution < 1.29 is 13.5 Å². The minimum Gasteiger partial charge on any atom is -0.388 e. The van der Waals surface area contributed by atoms with Crippen molar-refractivity contribution in [2.24, 2.45) is 5.92 Å². The van der Waals surface area contributed by atoms with Crippen molar-refractivity contribution in [3.63, 3.8) is 0 Å². The Bertz CT molecular complexity index is 829. The summed E-state index contributed by atoms with van der Waals surface area (Å²) >= 11 is 0. The zero-order chi connectivity index (χ0) is 17.3. The van der Waals surface area contributed by atoms with Gasteiger partial charge in [-0.05, 0) is 24.6 Å². The highest BCUT2D eigenvalue weighted by Crippen LogP contribution is 2.35. The average Bonchev–Trinajstić information content (AvgIpc) is 2.98. The lowest BCUT2D eigenvalue weighted by atomic mass is 9.92. The highest BCUT2D eigenvalue weighted by molar-refractivity contribution is 7.89. The first-order chi connectivity index (χ1) is 11.4. The van der Waals surface area contributed by atoms with Crippen LogP contribution < -0.4 is 0 Å². The third kappa shape index (κ3) is 3.15. The maximum atomic E-state index is 12.8. The molecule has 0 spiro atoms. The van der Waals surface area contributed by atoms with Gasteiger partial charge in [0.1, 0.15) is 0 Å². The number of sulfonamides is 1. The van der Waals surface area contributed by atoms with Gasteiger partial charge < -0.3 is 5.11 Å². The Morgan fingerprint density at radius 2 is 1.75 bits per heavy atom. The Morgan fingerprint density at radius 3 is 2.38 bits per heavy atom. The molecule has 1 fully saturated rings. The van der Waals surface area contributed by atoms with Crippen molar-refractivity contribution in [1.82, 2.24) is 4.31 Å². The summed E-state index contributed by atoms with van der Waals surface area (Å²) in [5.41, 5.74) is 2.53. The van der Waals surface area contributed by atoms with Gasteiger partial charge >= 0.3 is 0 Å². The Balaban J connectivity index is 1.83. The molecular weight excluding hydrogens is 322 g/mol. The molecule has 0 bridgehead atoms. The van der Waals surface area contributed by atoms with Crippen LogP contribution in [-0.4, -0.2) is 30.9 Å². The van der Waals surface area contributed by atoms with Crippen LogP contribution in [0.3, 0.4) is 0 Å². The first-order valence-electron chi connectivity index (χ1n) is 7.87. The Morgan fingerprint density at radius 1 is 1.12 bits per heavy atom. The van der Waals surface area contributed by atoms with Crippen LogP contribution in [0.5, 0.6) is 0 Å². The molecule has 1 aliphatic heterocycles. The normalized spacial score (nSPS) is 20.2. The fourth-order valence-electron chi connectivity index (χ4n) is 3.00. The maximum absolute atomic E-state index is 12.8. The van der Waals surface area contributed by atoms with Crippen LogP contribution >= 0.6 is 0 Å². The molecule has 0 saturated carbocycles. The quantitative estimate of drug-likeness (QED) is 0.869. The average molecular weight is 343 g/mol. The molecule has 2 aromatic carbocycles. The number of aryl methyl sites for hydroxylation is 1. The number of hydrogen-bond donors (Lipinski definition) is 1. The van der Waals surface area contributed by atoms with Crippen molar-refractivity contribution in [2.45, 2.75) is 17.9 Å². The number of hydrogen-bond acceptors (Lipinski definition) is 3. The van der Waals surface area contributed by atoms with Crippen LogP contribution in [0.4, 0.5) is 0 Å². The fourth-order valence-corrected chi connectivity index (χ4v) is 4.48. The van der Waals surface area contributed by atoms with Crippen molar-refractivity contribution in [3.8, 4) is 0 Å². The van der Waals surface area contributed by atoms with E-state index in [0.717, 1.165) is 16.7 Å². The van der Waals surface area contributed by atoms with E-state index < -0.39 is 16.1 Å². The topological polar surface area (TPSA) is 57.6 Å². The fraction of sp³-hybridized carbons (Fsp3) is 0.263. The van der Waals surface area contributed by atoms with Crippen molar-refractivity contribution in [2.75, 3.05) is 13.1 Å². The molecule has 4 nitrogen and oxygen atoms in total. The van der Waals surface area contributed by atoms with Crippen LogP contribution in [0, 0.1) is 12.8 Å². The molecule has 0 unspecified atom stereocenters. The molecule has 2 aromatic rings. The predicted octanol–water partition coefficient (Wildman–Crippen LogP) is 2.91. The summed E-state index contributed by atoms with van der Waals surface area (Å²) in [7, 11) is -3.58. The number of nitrogens with zero attached hydrogens (tertiary/aromatic N) is 1. The largest absolute Gasteiger partial charge is 0.388 e. The van der Waals surface area contributed by atoms with Crippen molar-refractivity contribution in [1.29, 1.82) is 0 Å². The molecule has 126 valence electrons. The van der Waals surface area contributed by atoms with Crippen molar-refractivity contribution >= 4 is 10.0 Å².